The van der Waals surface area contributed by atoms with Crippen LogP contribution in [-0.4, -0.2) is 40.8 Å². The summed E-state index contributed by atoms with van der Waals surface area (Å²) in [5.74, 6) is 0. The van der Waals surface area contributed by atoms with E-state index in [0.29, 0.717) is 12.1 Å². The third kappa shape index (κ3) is 2.67. The number of piperidine rings is 1. The summed E-state index contributed by atoms with van der Waals surface area (Å²) in [6, 6.07) is 1.01. The Morgan fingerprint density at radius 3 is 2.18 bits per heavy atom. The van der Waals surface area contributed by atoms with Crippen LogP contribution in [0.3, 0.4) is 0 Å². The Kier molecular flexibility index (Phi) is 3.30. The SMILES string of the molecule is CN1C2CCC1CC(O)(C(N)CC(C)(C)C)C2. The van der Waals surface area contributed by atoms with Gasteiger partial charge in [-0.1, -0.05) is 20.8 Å². The molecular formula is C14H28N2O. The third-order valence-electron chi connectivity index (χ3n) is 4.69. The molecular weight excluding hydrogens is 212 g/mol. The second kappa shape index (κ2) is 4.22. The van der Waals surface area contributed by atoms with Gasteiger partial charge in [0, 0.05) is 18.1 Å². The van der Waals surface area contributed by atoms with Crippen LogP contribution in [0.2, 0.25) is 0 Å². The molecule has 0 aliphatic carbocycles. The van der Waals surface area contributed by atoms with Crippen LogP contribution in [0.25, 0.3) is 0 Å². The largest absolute Gasteiger partial charge is 0.388 e. The molecule has 2 bridgehead atoms. The normalized spacial score (nSPS) is 40.6. The lowest BCUT2D eigenvalue weighted by atomic mass is 9.75. The molecule has 0 aromatic heterocycles. The molecule has 2 fully saturated rings. The Bertz CT molecular complexity index is 270. The first-order valence-corrected chi connectivity index (χ1v) is 6.91. The predicted molar refractivity (Wildman–Crippen MR) is 70.8 cm³/mol. The standard InChI is InChI=1S/C14H28N2O/c1-13(2,3)9-12(15)14(17)7-10-5-6-11(8-14)16(10)4/h10-12,17H,5-9,15H2,1-4H3. The summed E-state index contributed by atoms with van der Waals surface area (Å²) in [5.41, 5.74) is 5.86. The van der Waals surface area contributed by atoms with E-state index in [1.807, 2.05) is 0 Å². The van der Waals surface area contributed by atoms with Crippen molar-refractivity contribution >= 4 is 0 Å². The smallest absolute Gasteiger partial charge is 0.0827 e. The number of hydrogen-bond donors (Lipinski definition) is 2. The van der Waals surface area contributed by atoms with Crippen molar-refractivity contribution in [1.82, 2.24) is 4.90 Å². The first kappa shape index (κ1) is 13.3. The van der Waals surface area contributed by atoms with Gasteiger partial charge in [0.2, 0.25) is 0 Å². The fourth-order valence-electron chi connectivity index (χ4n) is 3.63. The summed E-state index contributed by atoms with van der Waals surface area (Å²) in [6.07, 6.45) is 5.07. The molecule has 2 heterocycles. The third-order valence-corrected chi connectivity index (χ3v) is 4.69. The highest BCUT2D eigenvalue weighted by Gasteiger charge is 2.49. The van der Waals surface area contributed by atoms with E-state index in [-0.39, 0.29) is 11.5 Å². The van der Waals surface area contributed by atoms with E-state index in [2.05, 4.69) is 32.7 Å². The van der Waals surface area contributed by atoms with E-state index in [9.17, 15) is 5.11 Å². The zero-order chi connectivity index (χ0) is 12.8. The summed E-state index contributed by atoms with van der Waals surface area (Å²) in [7, 11) is 2.19. The molecule has 2 aliphatic rings. The second-order valence-corrected chi connectivity index (χ2v) is 7.43. The predicted octanol–water partition coefficient (Wildman–Crippen LogP) is 1.74. The quantitative estimate of drug-likeness (QED) is 0.773. The molecule has 3 unspecified atom stereocenters. The minimum atomic E-state index is -0.633. The molecule has 3 atom stereocenters. The summed E-state index contributed by atoms with van der Waals surface area (Å²) < 4.78 is 0. The van der Waals surface area contributed by atoms with E-state index in [1.54, 1.807) is 0 Å². The highest BCUT2D eigenvalue weighted by atomic mass is 16.3. The van der Waals surface area contributed by atoms with Crippen molar-refractivity contribution < 1.29 is 5.11 Å². The van der Waals surface area contributed by atoms with Gasteiger partial charge >= 0.3 is 0 Å². The number of rotatable bonds is 2. The lowest BCUT2D eigenvalue weighted by Crippen LogP contribution is -2.58. The van der Waals surface area contributed by atoms with Crippen LogP contribution in [0.5, 0.6) is 0 Å². The van der Waals surface area contributed by atoms with E-state index in [0.717, 1.165) is 19.3 Å². The Morgan fingerprint density at radius 1 is 1.29 bits per heavy atom. The molecule has 17 heavy (non-hydrogen) atoms. The van der Waals surface area contributed by atoms with Gasteiger partial charge in [-0.05, 0) is 44.6 Å². The maximum absolute atomic E-state index is 10.9. The van der Waals surface area contributed by atoms with Gasteiger partial charge in [-0.2, -0.15) is 0 Å². The maximum Gasteiger partial charge on any atom is 0.0827 e. The molecule has 3 heteroatoms. The maximum atomic E-state index is 10.9. The second-order valence-electron chi connectivity index (χ2n) is 7.43. The van der Waals surface area contributed by atoms with Crippen molar-refractivity contribution in [1.29, 1.82) is 0 Å². The molecule has 0 aromatic carbocycles. The van der Waals surface area contributed by atoms with E-state index >= 15 is 0 Å². The lowest BCUT2D eigenvalue weighted by Gasteiger charge is -2.46. The van der Waals surface area contributed by atoms with E-state index in [4.69, 9.17) is 5.73 Å². The van der Waals surface area contributed by atoms with Gasteiger partial charge in [0.15, 0.2) is 0 Å². The summed E-state index contributed by atoms with van der Waals surface area (Å²) in [6.45, 7) is 6.58. The van der Waals surface area contributed by atoms with Gasteiger partial charge < -0.3 is 15.7 Å². The van der Waals surface area contributed by atoms with Crippen molar-refractivity contribution in [2.75, 3.05) is 7.05 Å². The zero-order valence-electron chi connectivity index (χ0n) is 11.7. The minimum absolute atomic E-state index is 0.0840. The number of nitrogens with zero attached hydrogens (tertiary/aromatic N) is 1. The number of hydrogen-bond acceptors (Lipinski definition) is 3. The van der Waals surface area contributed by atoms with E-state index in [1.165, 1.54) is 12.8 Å². The van der Waals surface area contributed by atoms with Gasteiger partial charge in [0.1, 0.15) is 0 Å². The average Bonchev–Trinajstić information content (AvgIpc) is 2.42. The fraction of sp³-hybridized carbons (Fsp3) is 1.00. The van der Waals surface area contributed by atoms with Gasteiger partial charge in [-0.3, -0.25) is 0 Å². The molecule has 0 amide bonds. The average molecular weight is 240 g/mol. The van der Waals surface area contributed by atoms with Crippen LogP contribution in [-0.2, 0) is 0 Å². The molecule has 0 radical (unpaired) electrons. The number of nitrogens with two attached hydrogens (primary N) is 1. The highest BCUT2D eigenvalue weighted by Crippen LogP contribution is 2.42. The molecule has 3 nitrogen and oxygen atoms in total. The summed E-state index contributed by atoms with van der Waals surface area (Å²) >= 11 is 0. The minimum Gasteiger partial charge on any atom is -0.388 e. The fourth-order valence-corrected chi connectivity index (χ4v) is 3.63. The monoisotopic (exact) mass is 240 g/mol. The van der Waals surface area contributed by atoms with Crippen molar-refractivity contribution in [3.05, 3.63) is 0 Å². The molecule has 3 N–H and O–H groups in total. The molecule has 100 valence electrons. The number of aliphatic hydroxyl groups is 1. The van der Waals surface area contributed by atoms with Gasteiger partial charge in [0.25, 0.3) is 0 Å². The topological polar surface area (TPSA) is 49.5 Å². The van der Waals surface area contributed by atoms with Gasteiger partial charge in [-0.25, -0.2) is 0 Å². The first-order valence-electron chi connectivity index (χ1n) is 6.91. The van der Waals surface area contributed by atoms with Gasteiger partial charge in [0.05, 0.1) is 5.60 Å². The first-order chi connectivity index (χ1) is 7.71. The molecule has 0 spiro atoms. The van der Waals surface area contributed by atoms with Crippen molar-refractivity contribution in [3.63, 3.8) is 0 Å². The highest BCUT2D eigenvalue weighted by molar-refractivity contribution is 5.05. The van der Waals surface area contributed by atoms with Crippen LogP contribution in [0.15, 0.2) is 0 Å². The Labute approximate surface area is 105 Å². The van der Waals surface area contributed by atoms with Crippen molar-refractivity contribution in [2.24, 2.45) is 11.1 Å². The lowest BCUT2D eigenvalue weighted by molar-refractivity contribution is -0.0688. The van der Waals surface area contributed by atoms with Crippen molar-refractivity contribution in [3.8, 4) is 0 Å². The van der Waals surface area contributed by atoms with Gasteiger partial charge in [-0.15, -0.1) is 0 Å². The summed E-state index contributed by atoms with van der Waals surface area (Å²) in [5, 5.41) is 10.9. The van der Waals surface area contributed by atoms with Crippen LogP contribution in [0.1, 0.15) is 52.9 Å². The van der Waals surface area contributed by atoms with Crippen LogP contribution in [0.4, 0.5) is 0 Å². The summed E-state index contributed by atoms with van der Waals surface area (Å²) in [4.78, 5) is 2.44. The molecule has 2 aliphatic heterocycles. The van der Waals surface area contributed by atoms with Crippen LogP contribution < -0.4 is 5.73 Å². The molecule has 2 rings (SSSR count). The molecule has 2 saturated heterocycles. The zero-order valence-corrected chi connectivity index (χ0v) is 11.7. The van der Waals surface area contributed by atoms with Crippen molar-refractivity contribution in [2.45, 2.75) is 76.6 Å². The van der Waals surface area contributed by atoms with Crippen LogP contribution in [0, 0.1) is 5.41 Å². The molecule has 0 saturated carbocycles. The Morgan fingerprint density at radius 2 is 1.76 bits per heavy atom. The number of fused-ring (bicyclic) bond motifs is 2. The Balaban J connectivity index is 2.05. The molecule has 0 aromatic rings. The van der Waals surface area contributed by atoms with E-state index < -0.39 is 5.60 Å². The Hall–Kier alpha value is -0.120. The van der Waals surface area contributed by atoms with Crippen LogP contribution >= 0.6 is 0 Å².